The predicted octanol–water partition coefficient (Wildman–Crippen LogP) is -2.13. The normalized spacial score (nSPS) is 12.5. The van der Waals surface area contributed by atoms with Crippen LogP contribution in [0.25, 0.3) is 0 Å². The van der Waals surface area contributed by atoms with Crippen molar-refractivity contribution < 1.29 is 5.10 Å². The summed E-state index contributed by atoms with van der Waals surface area (Å²) in [6.07, 6.45) is 3.77. The summed E-state index contributed by atoms with van der Waals surface area (Å²) in [6, 6.07) is 0. The first kappa shape index (κ1) is 11.5. The molecular weight excluding hydrogens is 166 g/mol. The van der Waals surface area contributed by atoms with Crippen molar-refractivity contribution >= 4 is 5.84 Å². The summed E-state index contributed by atoms with van der Waals surface area (Å²) in [5.41, 5.74) is 13.1. The molecule has 0 bridgehead atoms. The molecule has 0 aliphatic carbocycles. The summed E-state index contributed by atoms with van der Waals surface area (Å²) >= 11 is 0. The van der Waals surface area contributed by atoms with Gasteiger partial charge in [-0.05, 0) is 19.9 Å². The molecular formula is C8H18N5+. The second kappa shape index (κ2) is 6.07. The molecule has 5 heteroatoms. The molecule has 0 aliphatic rings. The third kappa shape index (κ3) is 4.86. The van der Waals surface area contributed by atoms with Gasteiger partial charge in [0.05, 0.1) is 0 Å². The Balaban J connectivity index is 4.60. The maximum Gasteiger partial charge on any atom is 0.313 e. The number of hydrogen-bond donors (Lipinski definition) is 5. The van der Waals surface area contributed by atoms with Crippen LogP contribution in [0.3, 0.4) is 0 Å². The molecule has 0 saturated heterocycles. The van der Waals surface area contributed by atoms with Gasteiger partial charge in [0.25, 0.3) is 0 Å². The van der Waals surface area contributed by atoms with Gasteiger partial charge in [-0.25, -0.2) is 5.43 Å². The van der Waals surface area contributed by atoms with Crippen LogP contribution in [-0.4, -0.2) is 12.9 Å². The van der Waals surface area contributed by atoms with Crippen LogP contribution in [-0.2, 0) is 0 Å². The second-order valence-electron chi connectivity index (χ2n) is 2.76. The van der Waals surface area contributed by atoms with E-state index in [1.807, 2.05) is 26.0 Å². The second-order valence-corrected chi connectivity index (χ2v) is 2.76. The number of rotatable bonds is 4. The van der Waals surface area contributed by atoms with Crippen LogP contribution in [0.2, 0.25) is 0 Å². The molecule has 0 saturated carbocycles. The summed E-state index contributed by atoms with van der Waals surface area (Å²) in [5.74, 6) is 5.55. The number of nitrogens with one attached hydrogen (secondary N) is 3. The van der Waals surface area contributed by atoms with E-state index < -0.39 is 0 Å². The summed E-state index contributed by atoms with van der Waals surface area (Å²) in [5, 5.41) is 2.37. The fourth-order valence-electron chi connectivity index (χ4n) is 0.661. The van der Waals surface area contributed by atoms with E-state index in [-0.39, 0.29) is 0 Å². The van der Waals surface area contributed by atoms with Gasteiger partial charge in [0, 0.05) is 7.05 Å². The third-order valence-electron chi connectivity index (χ3n) is 1.29. The molecule has 0 aromatic heterocycles. The number of allylic oxidation sites excluding steroid dienone is 3. The van der Waals surface area contributed by atoms with Crippen LogP contribution in [0.4, 0.5) is 0 Å². The molecule has 0 aromatic rings. The lowest BCUT2D eigenvalue weighted by molar-refractivity contribution is -0.470. The highest BCUT2D eigenvalue weighted by Gasteiger charge is 2.04. The predicted molar refractivity (Wildman–Crippen MR) is 54.1 cm³/mol. The van der Waals surface area contributed by atoms with Gasteiger partial charge in [-0.3, -0.25) is 11.6 Å². The topological polar surface area (TPSA) is 90.1 Å². The van der Waals surface area contributed by atoms with E-state index >= 15 is 0 Å². The molecule has 0 heterocycles. The van der Waals surface area contributed by atoms with Crippen molar-refractivity contribution in [3.63, 3.8) is 0 Å². The minimum atomic E-state index is 0.381. The van der Waals surface area contributed by atoms with Gasteiger partial charge in [0.15, 0.2) is 0 Å². The highest BCUT2D eigenvalue weighted by Crippen LogP contribution is 1.92. The highest BCUT2D eigenvalue weighted by atomic mass is 15.4. The van der Waals surface area contributed by atoms with Crippen molar-refractivity contribution in [2.24, 2.45) is 11.6 Å². The molecule has 74 valence electrons. The van der Waals surface area contributed by atoms with E-state index in [2.05, 4.69) is 16.0 Å². The monoisotopic (exact) mass is 184 g/mol. The Morgan fingerprint density at radius 3 is 2.31 bits per heavy atom. The van der Waals surface area contributed by atoms with Crippen molar-refractivity contribution in [2.45, 2.75) is 13.8 Å². The van der Waals surface area contributed by atoms with Crippen LogP contribution in [0.15, 0.2) is 23.4 Å². The highest BCUT2D eigenvalue weighted by molar-refractivity contribution is 5.91. The van der Waals surface area contributed by atoms with Gasteiger partial charge in [0.2, 0.25) is 0 Å². The molecule has 0 atom stereocenters. The lowest BCUT2D eigenvalue weighted by Gasteiger charge is -2.03. The Morgan fingerprint density at radius 2 is 1.92 bits per heavy atom. The largest absolute Gasteiger partial charge is 0.315 e. The van der Waals surface area contributed by atoms with E-state index in [4.69, 9.17) is 11.6 Å². The van der Waals surface area contributed by atoms with Crippen LogP contribution >= 0.6 is 0 Å². The van der Waals surface area contributed by atoms with E-state index in [0.717, 1.165) is 0 Å². The van der Waals surface area contributed by atoms with E-state index in [9.17, 15) is 0 Å². The van der Waals surface area contributed by atoms with E-state index in [0.29, 0.717) is 11.5 Å². The molecule has 0 aliphatic heterocycles. The quantitative estimate of drug-likeness (QED) is 0.113. The van der Waals surface area contributed by atoms with Crippen LogP contribution in [0.1, 0.15) is 13.8 Å². The van der Waals surface area contributed by atoms with Crippen molar-refractivity contribution in [3.8, 4) is 0 Å². The first-order chi connectivity index (χ1) is 6.11. The maximum absolute atomic E-state index is 5.57. The number of hydrazine groups is 2. The Labute approximate surface area is 78.5 Å². The van der Waals surface area contributed by atoms with Gasteiger partial charge in [-0.15, -0.1) is 0 Å². The van der Waals surface area contributed by atoms with Crippen LogP contribution < -0.4 is 27.5 Å². The zero-order chi connectivity index (χ0) is 10.3. The zero-order valence-electron chi connectivity index (χ0n) is 8.31. The molecule has 0 radical (unpaired) electrons. The molecule has 0 spiro atoms. The Bertz CT molecular complexity index is 235. The molecule has 0 aromatic carbocycles. The van der Waals surface area contributed by atoms with Crippen molar-refractivity contribution in [3.05, 3.63) is 23.4 Å². The van der Waals surface area contributed by atoms with Crippen molar-refractivity contribution in [1.29, 1.82) is 0 Å². The first-order valence-electron chi connectivity index (χ1n) is 3.99. The fourth-order valence-corrected chi connectivity index (χ4v) is 0.661. The molecule has 0 fully saturated rings. The van der Waals surface area contributed by atoms with E-state index in [1.165, 1.54) is 5.57 Å². The minimum absolute atomic E-state index is 0.381. The Kier molecular flexibility index (Phi) is 5.38. The van der Waals surface area contributed by atoms with Gasteiger partial charge >= 0.3 is 5.84 Å². The third-order valence-corrected chi connectivity index (χ3v) is 1.29. The fraction of sp³-hybridized carbons (Fsp3) is 0.375. The zero-order valence-corrected chi connectivity index (χ0v) is 8.31. The SMILES string of the molecule is CNNC(=CC=C(C)C)C(N)=[NH+]N. The molecule has 7 N–H and O–H groups in total. The average molecular weight is 184 g/mol. The minimum Gasteiger partial charge on any atom is -0.315 e. The lowest BCUT2D eigenvalue weighted by Crippen LogP contribution is -2.83. The summed E-state index contributed by atoms with van der Waals surface area (Å²) in [4.78, 5) is 0. The van der Waals surface area contributed by atoms with Crippen LogP contribution in [0, 0.1) is 0 Å². The van der Waals surface area contributed by atoms with Gasteiger partial charge < -0.3 is 5.43 Å². The van der Waals surface area contributed by atoms with Gasteiger partial charge in [-0.2, -0.15) is 5.10 Å². The Hall–Kier alpha value is -1.49. The lowest BCUT2D eigenvalue weighted by atomic mass is 10.3. The number of hydrazone groups is 1. The summed E-state index contributed by atoms with van der Waals surface area (Å²) in [6.45, 7) is 4.00. The smallest absolute Gasteiger partial charge is 0.313 e. The number of hydrogen-bond acceptors (Lipinski definition) is 3. The average Bonchev–Trinajstić information content (AvgIpc) is 2.10. The molecule has 0 rings (SSSR count). The Morgan fingerprint density at radius 1 is 1.31 bits per heavy atom. The molecule has 5 nitrogen and oxygen atoms in total. The number of amidine groups is 1. The van der Waals surface area contributed by atoms with Crippen molar-refractivity contribution in [1.82, 2.24) is 10.9 Å². The maximum atomic E-state index is 5.57. The number of nitrogens with two attached hydrogens (primary N) is 2. The van der Waals surface area contributed by atoms with Crippen LogP contribution in [0.5, 0.6) is 0 Å². The summed E-state index contributed by atoms with van der Waals surface area (Å²) < 4.78 is 0. The molecule has 0 amide bonds. The molecule has 13 heavy (non-hydrogen) atoms. The standard InChI is InChI=1S/C8H17N5/c1-6(2)4-5-7(13-11-3)8(9)12-10/h4-5,11,13H,10H2,1-3H3,(H2,9,12)/p+1. The van der Waals surface area contributed by atoms with Crippen molar-refractivity contribution in [2.75, 3.05) is 7.05 Å². The molecule has 0 unspecified atom stereocenters. The first-order valence-corrected chi connectivity index (χ1v) is 3.99. The van der Waals surface area contributed by atoms with Gasteiger partial charge in [0.1, 0.15) is 5.70 Å². The summed E-state index contributed by atoms with van der Waals surface area (Å²) in [7, 11) is 1.75. The van der Waals surface area contributed by atoms with E-state index in [1.54, 1.807) is 7.05 Å². The van der Waals surface area contributed by atoms with Gasteiger partial charge in [-0.1, -0.05) is 11.6 Å².